The molecule has 0 fully saturated rings. The lowest BCUT2D eigenvalue weighted by Gasteiger charge is -2.12. The molecule has 1 amide bonds. The molecule has 0 aliphatic heterocycles. The van der Waals surface area contributed by atoms with Gasteiger partial charge in [0.15, 0.2) is 0 Å². The van der Waals surface area contributed by atoms with Crippen molar-refractivity contribution in [3.8, 4) is 5.75 Å². The number of amides is 1. The molecule has 0 saturated carbocycles. The summed E-state index contributed by atoms with van der Waals surface area (Å²) >= 11 is 0. The maximum Gasteiger partial charge on any atom is 0.405 e. The van der Waals surface area contributed by atoms with Crippen molar-refractivity contribution in [1.29, 1.82) is 0 Å². The van der Waals surface area contributed by atoms with E-state index in [4.69, 9.17) is 10.5 Å². The molecule has 0 bridgehead atoms. The van der Waals surface area contributed by atoms with Gasteiger partial charge in [-0.2, -0.15) is 13.2 Å². The normalized spacial score (nSPS) is 10.7. The molecule has 1 aromatic carbocycles. The lowest BCUT2D eigenvalue weighted by molar-refractivity contribution is -0.123. The number of benzene rings is 1. The molecule has 114 valence electrons. The average Bonchev–Trinajstić information content (AvgIpc) is 2.33. The zero-order chi connectivity index (χ0) is 14.5. The van der Waals surface area contributed by atoms with Crippen LogP contribution in [0.3, 0.4) is 0 Å². The molecule has 20 heavy (non-hydrogen) atoms. The Morgan fingerprint density at radius 2 is 2.00 bits per heavy atom. The van der Waals surface area contributed by atoms with E-state index in [2.05, 4.69) is 0 Å². The Morgan fingerprint density at radius 3 is 2.55 bits per heavy atom. The summed E-state index contributed by atoms with van der Waals surface area (Å²) < 4.78 is 54.0. The molecule has 0 saturated heterocycles. The van der Waals surface area contributed by atoms with Crippen LogP contribution in [-0.2, 0) is 0 Å². The highest BCUT2D eigenvalue weighted by molar-refractivity contribution is 5.96. The van der Waals surface area contributed by atoms with E-state index in [1.165, 1.54) is 0 Å². The fourth-order valence-electron chi connectivity index (χ4n) is 1.25. The summed E-state index contributed by atoms with van der Waals surface area (Å²) in [6, 6.07) is 3.00. The Hall–Kier alpha value is -1.54. The van der Waals surface area contributed by atoms with Gasteiger partial charge >= 0.3 is 6.18 Å². The van der Waals surface area contributed by atoms with E-state index in [1.54, 1.807) is 5.32 Å². The van der Waals surface area contributed by atoms with E-state index >= 15 is 0 Å². The maximum atomic E-state index is 13.0. The quantitative estimate of drug-likeness (QED) is 0.815. The Balaban J connectivity index is 0.00000361. The van der Waals surface area contributed by atoms with E-state index < -0.39 is 24.4 Å². The monoisotopic (exact) mass is 316 g/mol. The number of halogens is 5. The fourth-order valence-corrected chi connectivity index (χ4v) is 1.25. The van der Waals surface area contributed by atoms with Crippen LogP contribution >= 0.6 is 12.4 Å². The SMILES string of the molecule is Cl.NCCOc1ccc(F)cc1C(=O)NCC(F)(F)F. The molecule has 0 atom stereocenters. The molecular formula is C11H13ClF4N2O2. The predicted octanol–water partition coefficient (Wildman–Crippen LogP) is 1.88. The van der Waals surface area contributed by atoms with Gasteiger partial charge in [0.25, 0.3) is 5.91 Å². The Kier molecular flexibility index (Phi) is 7.30. The smallest absolute Gasteiger partial charge is 0.405 e. The number of ether oxygens (including phenoxy) is 1. The Bertz CT molecular complexity index is 455. The highest BCUT2D eigenvalue weighted by atomic mass is 35.5. The van der Waals surface area contributed by atoms with E-state index in [-0.39, 0.29) is 36.9 Å². The third-order valence-corrected chi connectivity index (χ3v) is 2.01. The van der Waals surface area contributed by atoms with Gasteiger partial charge in [0, 0.05) is 6.54 Å². The van der Waals surface area contributed by atoms with E-state index in [0.717, 1.165) is 18.2 Å². The van der Waals surface area contributed by atoms with Gasteiger partial charge in [0.05, 0.1) is 5.56 Å². The second-order valence-electron chi connectivity index (χ2n) is 3.58. The number of carbonyl (C=O) groups is 1. The first-order chi connectivity index (χ1) is 8.83. The van der Waals surface area contributed by atoms with Crippen molar-refractivity contribution in [2.45, 2.75) is 6.18 Å². The maximum absolute atomic E-state index is 13.0. The van der Waals surface area contributed by atoms with E-state index in [0.29, 0.717) is 0 Å². The summed E-state index contributed by atoms with van der Waals surface area (Å²) in [6.07, 6.45) is -4.54. The lowest BCUT2D eigenvalue weighted by atomic mass is 10.2. The number of rotatable bonds is 5. The molecule has 0 radical (unpaired) electrons. The number of nitrogens with one attached hydrogen (secondary N) is 1. The fraction of sp³-hybridized carbons (Fsp3) is 0.364. The van der Waals surface area contributed by atoms with Crippen LogP contribution in [0.5, 0.6) is 5.75 Å². The summed E-state index contributed by atoms with van der Waals surface area (Å²) in [4.78, 5) is 11.5. The minimum absolute atomic E-state index is 0. The molecule has 3 N–H and O–H groups in total. The van der Waals surface area contributed by atoms with Crippen molar-refractivity contribution in [2.75, 3.05) is 19.7 Å². The number of nitrogens with two attached hydrogens (primary N) is 1. The zero-order valence-corrected chi connectivity index (χ0v) is 11.0. The molecule has 1 rings (SSSR count). The molecule has 0 unspecified atom stereocenters. The minimum Gasteiger partial charge on any atom is -0.491 e. The van der Waals surface area contributed by atoms with Crippen LogP contribution in [0.15, 0.2) is 18.2 Å². The van der Waals surface area contributed by atoms with Crippen molar-refractivity contribution in [3.63, 3.8) is 0 Å². The molecule has 4 nitrogen and oxygen atoms in total. The summed E-state index contributed by atoms with van der Waals surface area (Å²) in [5.41, 5.74) is 4.89. The van der Waals surface area contributed by atoms with Gasteiger partial charge in [-0.1, -0.05) is 0 Å². The second-order valence-corrected chi connectivity index (χ2v) is 3.58. The second kappa shape index (κ2) is 7.91. The van der Waals surface area contributed by atoms with Crippen molar-refractivity contribution < 1.29 is 27.1 Å². The summed E-state index contributed by atoms with van der Waals surface area (Å²) in [7, 11) is 0. The number of hydrogen-bond acceptors (Lipinski definition) is 3. The Labute approximate surface area is 118 Å². The minimum atomic E-state index is -4.54. The molecule has 0 aliphatic carbocycles. The van der Waals surface area contributed by atoms with E-state index in [1.807, 2.05) is 0 Å². The van der Waals surface area contributed by atoms with Gasteiger partial charge in [-0.15, -0.1) is 12.4 Å². The lowest BCUT2D eigenvalue weighted by Crippen LogP contribution is -2.34. The van der Waals surface area contributed by atoms with Crippen LogP contribution in [0.1, 0.15) is 10.4 Å². The van der Waals surface area contributed by atoms with Gasteiger partial charge in [0.2, 0.25) is 0 Å². The molecule has 0 aliphatic rings. The van der Waals surface area contributed by atoms with Gasteiger partial charge in [-0.3, -0.25) is 4.79 Å². The van der Waals surface area contributed by atoms with Gasteiger partial charge in [0.1, 0.15) is 24.7 Å². The third kappa shape index (κ3) is 6.07. The Morgan fingerprint density at radius 1 is 1.35 bits per heavy atom. The van der Waals surface area contributed by atoms with Crippen molar-refractivity contribution in [2.24, 2.45) is 5.73 Å². The van der Waals surface area contributed by atoms with Gasteiger partial charge < -0.3 is 15.8 Å². The van der Waals surface area contributed by atoms with Crippen LogP contribution in [-0.4, -0.2) is 31.8 Å². The van der Waals surface area contributed by atoms with Gasteiger partial charge in [-0.05, 0) is 18.2 Å². The first-order valence-corrected chi connectivity index (χ1v) is 5.31. The molecule has 1 aromatic rings. The standard InChI is InChI=1S/C11H12F4N2O2.ClH/c12-7-1-2-9(19-4-3-16)8(5-7)10(18)17-6-11(13,14)15;/h1-2,5H,3-4,6,16H2,(H,17,18);1H. The zero-order valence-electron chi connectivity index (χ0n) is 10.2. The van der Waals surface area contributed by atoms with Crippen LogP contribution in [0.25, 0.3) is 0 Å². The van der Waals surface area contributed by atoms with Crippen LogP contribution in [0.4, 0.5) is 17.6 Å². The molecular weight excluding hydrogens is 304 g/mol. The summed E-state index contributed by atoms with van der Waals surface area (Å²) in [5, 5.41) is 1.64. The molecule has 9 heteroatoms. The van der Waals surface area contributed by atoms with E-state index in [9.17, 15) is 22.4 Å². The third-order valence-electron chi connectivity index (χ3n) is 2.01. The predicted molar refractivity (Wildman–Crippen MR) is 66.6 cm³/mol. The van der Waals surface area contributed by atoms with Crippen LogP contribution in [0.2, 0.25) is 0 Å². The number of alkyl halides is 3. The highest BCUT2D eigenvalue weighted by Crippen LogP contribution is 2.20. The average molecular weight is 317 g/mol. The summed E-state index contributed by atoms with van der Waals surface area (Å²) in [6.45, 7) is -1.29. The molecule has 0 aromatic heterocycles. The molecule has 0 heterocycles. The van der Waals surface area contributed by atoms with Gasteiger partial charge in [-0.25, -0.2) is 4.39 Å². The molecule has 0 spiro atoms. The van der Waals surface area contributed by atoms with Crippen molar-refractivity contribution in [1.82, 2.24) is 5.32 Å². The number of hydrogen-bond donors (Lipinski definition) is 2. The highest BCUT2D eigenvalue weighted by Gasteiger charge is 2.28. The number of carbonyl (C=O) groups excluding carboxylic acids is 1. The summed E-state index contributed by atoms with van der Waals surface area (Å²) in [5.74, 6) is -1.84. The van der Waals surface area contributed by atoms with Crippen molar-refractivity contribution >= 4 is 18.3 Å². The first kappa shape index (κ1) is 18.5. The van der Waals surface area contributed by atoms with Crippen LogP contribution < -0.4 is 15.8 Å². The van der Waals surface area contributed by atoms with Crippen LogP contribution in [0, 0.1) is 5.82 Å². The largest absolute Gasteiger partial charge is 0.491 e. The van der Waals surface area contributed by atoms with Crippen molar-refractivity contribution in [3.05, 3.63) is 29.6 Å². The first-order valence-electron chi connectivity index (χ1n) is 5.31. The topological polar surface area (TPSA) is 64.3 Å².